The Morgan fingerprint density at radius 1 is 1.11 bits per heavy atom. The number of nitrogen functional groups attached to an aromatic ring is 1. The van der Waals surface area contributed by atoms with Gasteiger partial charge in [-0.1, -0.05) is 37.7 Å². The largest absolute Gasteiger partial charge is 0.396 e. The summed E-state index contributed by atoms with van der Waals surface area (Å²) in [6.07, 6.45) is 1.80. The molecule has 0 amide bonds. The van der Waals surface area contributed by atoms with Crippen LogP contribution in [0.4, 0.5) is 5.69 Å². The summed E-state index contributed by atoms with van der Waals surface area (Å²) in [5.41, 5.74) is 9.23. The lowest BCUT2D eigenvalue weighted by molar-refractivity contribution is 0.865. The molecule has 1 aromatic carbocycles. The molecule has 2 N–H and O–H groups in total. The van der Waals surface area contributed by atoms with Crippen molar-refractivity contribution in [1.29, 1.82) is 0 Å². The third-order valence-corrected chi connectivity index (χ3v) is 3.96. The normalized spacial score (nSPS) is 10.9. The summed E-state index contributed by atoms with van der Waals surface area (Å²) < 4.78 is 0. The maximum atomic E-state index is 6.03. The molecule has 0 bridgehead atoms. The van der Waals surface area contributed by atoms with Crippen LogP contribution in [0.15, 0.2) is 46.5 Å². The first-order valence-electron chi connectivity index (χ1n) is 6.07. The van der Waals surface area contributed by atoms with Crippen molar-refractivity contribution in [2.24, 2.45) is 0 Å². The van der Waals surface area contributed by atoms with E-state index in [0.29, 0.717) is 5.92 Å². The molecule has 2 rings (SSSR count). The first kappa shape index (κ1) is 13.0. The Morgan fingerprint density at radius 3 is 2.39 bits per heavy atom. The van der Waals surface area contributed by atoms with Gasteiger partial charge in [-0.15, -0.1) is 0 Å². The van der Waals surface area contributed by atoms with Crippen LogP contribution < -0.4 is 5.73 Å². The van der Waals surface area contributed by atoms with E-state index in [1.165, 1.54) is 10.5 Å². The van der Waals surface area contributed by atoms with Gasteiger partial charge in [-0.3, -0.25) is 0 Å². The number of nitrogens with zero attached hydrogens (tertiary/aromatic N) is 1. The van der Waals surface area contributed by atoms with Crippen LogP contribution in [0, 0.1) is 6.92 Å². The van der Waals surface area contributed by atoms with Crippen LogP contribution in [0.25, 0.3) is 0 Å². The molecule has 0 aliphatic rings. The Bertz CT molecular complexity index is 533. The summed E-state index contributed by atoms with van der Waals surface area (Å²) in [6.45, 7) is 6.40. The smallest absolute Gasteiger partial charge is 0.124 e. The van der Waals surface area contributed by atoms with E-state index in [9.17, 15) is 0 Å². The predicted octanol–water partition coefficient (Wildman–Crippen LogP) is 4.25. The monoisotopic (exact) mass is 258 g/mol. The van der Waals surface area contributed by atoms with E-state index in [1.807, 2.05) is 13.0 Å². The highest BCUT2D eigenvalue weighted by atomic mass is 32.2. The zero-order chi connectivity index (χ0) is 13.1. The Labute approximate surface area is 113 Å². The molecular formula is C15H18N2S. The second kappa shape index (κ2) is 5.44. The highest BCUT2D eigenvalue weighted by molar-refractivity contribution is 7.99. The number of aromatic nitrogens is 1. The molecule has 0 unspecified atom stereocenters. The number of nitrogens with two attached hydrogens (primary N) is 1. The number of pyridine rings is 1. The Kier molecular flexibility index (Phi) is 3.92. The lowest BCUT2D eigenvalue weighted by Gasteiger charge is -2.08. The third kappa shape index (κ3) is 2.85. The second-order valence-electron chi connectivity index (χ2n) is 4.67. The van der Waals surface area contributed by atoms with Gasteiger partial charge < -0.3 is 5.73 Å². The van der Waals surface area contributed by atoms with Crippen molar-refractivity contribution in [3.8, 4) is 0 Å². The van der Waals surface area contributed by atoms with E-state index in [-0.39, 0.29) is 0 Å². The first-order chi connectivity index (χ1) is 8.58. The molecule has 0 saturated heterocycles. The summed E-state index contributed by atoms with van der Waals surface area (Å²) >= 11 is 1.61. The van der Waals surface area contributed by atoms with Crippen LogP contribution in [0.3, 0.4) is 0 Å². The summed E-state index contributed by atoms with van der Waals surface area (Å²) in [5.74, 6) is 0.561. The van der Waals surface area contributed by atoms with Crippen LogP contribution in [-0.2, 0) is 0 Å². The number of anilines is 1. The van der Waals surface area contributed by atoms with Gasteiger partial charge in [0, 0.05) is 11.1 Å². The van der Waals surface area contributed by atoms with Gasteiger partial charge in [0.05, 0.1) is 5.69 Å². The van der Waals surface area contributed by atoms with Crippen molar-refractivity contribution >= 4 is 17.4 Å². The van der Waals surface area contributed by atoms with Crippen molar-refractivity contribution in [2.45, 2.75) is 36.6 Å². The second-order valence-corrected chi connectivity index (χ2v) is 5.73. The van der Waals surface area contributed by atoms with Crippen molar-refractivity contribution in [2.75, 3.05) is 5.73 Å². The molecule has 0 aliphatic carbocycles. The quantitative estimate of drug-likeness (QED) is 0.894. The minimum absolute atomic E-state index is 0.561. The van der Waals surface area contributed by atoms with Crippen molar-refractivity contribution in [3.63, 3.8) is 0 Å². The maximum absolute atomic E-state index is 6.03. The van der Waals surface area contributed by atoms with Gasteiger partial charge in [-0.2, -0.15) is 0 Å². The highest BCUT2D eigenvalue weighted by Gasteiger charge is 2.06. The SMILES string of the molecule is Cc1ccnc(Sc2ccc(C(C)C)cc2)c1N. The average Bonchev–Trinajstić information content (AvgIpc) is 2.36. The molecule has 94 valence electrons. The van der Waals surface area contributed by atoms with Crippen LogP contribution >= 0.6 is 11.8 Å². The Hall–Kier alpha value is -1.48. The number of hydrogen-bond acceptors (Lipinski definition) is 3. The zero-order valence-corrected chi connectivity index (χ0v) is 11.8. The number of rotatable bonds is 3. The van der Waals surface area contributed by atoms with Gasteiger partial charge in [0.25, 0.3) is 0 Å². The molecule has 1 aromatic heterocycles. The molecule has 0 radical (unpaired) electrons. The molecule has 18 heavy (non-hydrogen) atoms. The van der Waals surface area contributed by atoms with Crippen molar-refractivity contribution in [3.05, 3.63) is 47.7 Å². The summed E-state index contributed by atoms with van der Waals surface area (Å²) in [7, 11) is 0. The summed E-state index contributed by atoms with van der Waals surface area (Å²) in [6, 6.07) is 10.5. The molecule has 0 aliphatic heterocycles. The number of benzene rings is 1. The molecule has 2 aromatic rings. The van der Waals surface area contributed by atoms with Gasteiger partial charge in [0.1, 0.15) is 5.03 Å². The van der Waals surface area contributed by atoms with E-state index in [2.05, 4.69) is 43.1 Å². The van der Waals surface area contributed by atoms with E-state index in [0.717, 1.165) is 16.3 Å². The molecule has 0 fully saturated rings. The van der Waals surface area contributed by atoms with E-state index < -0.39 is 0 Å². The number of hydrogen-bond donors (Lipinski definition) is 1. The lowest BCUT2D eigenvalue weighted by atomic mass is 10.0. The fraction of sp³-hybridized carbons (Fsp3) is 0.267. The third-order valence-electron chi connectivity index (χ3n) is 2.93. The number of aryl methyl sites for hydroxylation is 1. The standard InChI is InChI=1S/C15H18N2S/c1-10(2)12-4-6-13(7-5-12)18-15-14(16)11(3)8-9-17-15/h4-10H,16H2,1-3H3. The highest BCUT2D eigenvalue weighted by Crippen LogP contribution is 2.32. The van der Waals surface area contributed by atoms with Crippen LogP contribution in [-0.4, -0.2) is 4.98 Å². The lowest BCUT2D eigenvalue weighted by Crippen LogP contribution is -1.94. The van der Waals surface area contributed by atoms with Gasteiger partial charge in [0.15, 0.2) is 0 Å². The minimum atomic E-state index is 0.561. The predicted molar refractivity (Wildman–Crippen MR) is 78.0 cm³/mol. The molecule has 3 heteroatoms. The van der Waals surface area contributed by atoms with Crippen molar-refractivity contribution in [1.82, 2.24) is 4.98 Å². The zero-order valence-electron chi connectivity index (χ0n) is 11.0. The van der Waals surface area contributed by atoms with Crippen LogP contribution in [0.2, 0.25) is 0 Å². The minimum Gasteiger partial charge on any atom is -0.396 e. The summed E-state index contributed by atoms with van der Waals surface area (Å²) in [4.78, 5) is 5.50. The van der Waals surface area contributed by atoms with Gasteiger partial charge >= 0.3 is 0 Å². The Balaban J connectivity index is 2.21. The van der Waals surface area contributed by atoms with E-state index in [1.54, 1.807) is 18.0 Å². The van der Waals surface area contributed by atoms with Gasteiger partial charge in [-0.25, -0.2) is 4.98 Å². The molecule has 2 nitrogen and oxygen atoms in total. The molecule has 0 atom stereocenters. The summed E-state index contributed by atoms with van der Waals surface area (Å²) in [5, 5.41) is 0.882. The van der Waals surface area contributed by atoms with E-state index >= 15 is 0 Å². The average molecular weight is 258 g/mol. The first-order valence-corrected chi connectivity index (χ1v) is 6.88. The fourth-order valence-electron chi connectivity index (χ4n) is 1.66. The topological polar surface area (TPSA) is 38.9 Å². The van der Waals surface area contributed by atoms with E-state index in [4.69, 9.17) is 5.73 Å². The fourth-order valence-corrected chi connectivity index (χ4v) is 2.54. The Morgan fingerprint density at radius 2 is 1.78 bits per heavy atom. The van der Waals surface area contributed by atoms with Gasteiger partial charge in [-0.05, 0) is 42.2 Å². The van der Waals surface area contributed by atoms with Crippen LogP contribution in [0.1, 0.15) is 30.9 Å². The van der Waals surface area contributed by atoms with Crippen molar-refractivity contribution < 1.29 is 0 Å². The van der Waals surface area contributed by atoms with Crippen LogP contribution in [0.5, 0.6) is 0 Å². The maximum Gasteiger partial charge on any atom is 0.124 e. The molecule has 1 heterocycles. The molecule has 0 saturated carbocycles. The molecular weight excluding hydrogens is 240 g/mol. The van der Waals surface area contributed by atoms with Gasteiger partial charge in [0.2, 0.25) is 0 Å². The molecule has 0 spiro atoms.